The second-order valence-electron chi connectivity index (χ2n) is 9.62. The molecule has 1 N–H and O–H groups in total. The molecule has 0 bridgehead atoms. The number of likely N-dealkylation sites (tertiary alicyclic amines) is 1. The Bertz CT molecular complexity index is 728. The van der Waals surface area contributed by atoms with Crippen LogP contribution in [-0.2, 0) is 9.53 Å². The highest BCUT2D eigenvalue weighted by molar-refractivity contribution is 5.86. The average Bonchev–Trinajstić information content (AvgIpc) is 3.24. The summed E-state index contributed by atoms with van der Waals surface area (Å²) in [6.45, 7) is 6.34. The first-order valence-electron chi connectivity index (χ1n) is 11.2. The predicted molar refractivity (Wildman–Crippen MR) is 111 cm³/mol. The SMILES string of the molecule is CC(C)OC1CN=CC(C2CC(C)C3C(=O)N(C4C=NN(CC(F)(F)F)C4)CC3N2)C1. The first kappa shape index (κ1) is 22.5. The molecule has 0 aliphatic carbocycles. The van der Waals surface area contributed by atoms with Gasteiger partial charge in [0.2, 0.25) is 5.91 Å². The summed E-state index contributed by atoms with van der Waals surface area (Å²) in [4.78, 5) is 19.4. The van der Waals surface area contributed by atoms with Gasteiger partial charge in [0.15, 0.2) is 0 Å². The number of carbonyl (C=O) groups is 1. The fourth-order valence-electron chi connectivity index (χ4n) is 5.54. The van der Waals surface area contributed by atoms with Gasteiger partial charge in [-0.15, -0.1) is 0 Å². The van der Waals surface area contributed by atoms with Crippen LogP contribution in [0.3, 0.4) is 0 Å². The number of rotatable bonds is 5. The average molecular weight is 444 g/mol. The first-order valence-corrected chi connectivity index (χ1v) is 11.2. The number of amides is 1. The molecule has 2 saturated heterocycles. The number of carbonyl (C=O) groups excluding carboxylic acids is 1. The Labute approximate surface area is 181 Å². The summed E-state index contributed by atoms with van der Waals surface area (Å²) in [5.41, 5.74) is 0. The van der Waals surface area contributed by atoms with Gasteiger partial charge in [0.25, 0.3) is 0 Å². The summed E-state index contributed by atoms with van der Waals surface area (Å²) in [6.07, 6.45) is 1.24. The lowest BCUT2D eigenvalue weighted by molar-refractivity contribution is -0.146. The number of aliphatic imine (C=N–C) groups is 1. The number of hydrazone groups is 1. The maximum Gasteiger partial charge on any atom is 0.407 e. The smallest absolute Gasteiger partial charge is 0.374 e. The molecule has 0 aromatic carbocycles. The zero-order valence-corrected chi connectivity index (χ0v) is 18.3. The van der Waals surface area contributed by atoms with E-state index < -0.39 is 18.8 Å². The van der Waals surface area contributed by atoms with E-state index in [-0.39, 0.29) is 54.5 Å². The monoisotopic (exact) mass is 443 g/mol. The lowest BCUT2D eigenvalue weighted by atomic mass is 9.76. The molecule has 174 valence electrons. The van der Waals surface area contributed by atoms with Crippen LogP contribution in [0.15, 0.2) is 10.1 Å². The Hall–Kier alpha value is -1.68. The van der Waals surface area contributed by atoms with Gasteiger partial charge in [-0.3, -0.25) is 14.8 Å². The Morgan fingerprint density at radius 2 is 2.00 bits per heavy atom. The fourth-order valence-corrected chi connectivity index (χ4v) is 5.54. The molecule has 31 heavy (non-hydrogen) atoms. The zero-order valence-electron chi connectivity index (χ0n) is 18.3. The number of nitrogens with zero attached hydrogens (tertiary/aromatic N) is 4. The van der Waals surface area contributed by atoms with Crippen molar-refractivity contribution in [3.63, 3.8) is 0 Å². The standard InChI is InChI=1S/C21H32F3N5O2/c1-12(2)31-16-5-14(6-25-8-16)17-4-13(3)19-18(27-17)10-29(20(19)30)15-7-26-28(9-15)11-21(22,23)24/h6-7,12-19,27H,4-5,8-11H2,1-3H3. The molecular weight excluding hydrogens is 411 g/mol. The van der Waals surface area contributed by atoms with Gasteiger partial charge in [-0.1, -0.05) is 6.92 Å². The summed E-state index contributed by atoms with van der Waals surface area (Å²) in [5.74, 6) is 0.315. The van der Waals surface area contributed by atoms with Gasteiger partial charge < -0.3 is 15.0 Å². The van der Waals surface area contributed by atoms with Gasteiger partial charge >= 0.3 is 6.18 Å². The normalized spacial score (nSPS) is 38.4. The maximum absolute atomic E-state index is 13.1. The Morgan fingerprint density at radius 3 is 2.71 bits per heavy atom. The van der Waals surface area contributed by atoms with Crippen LogP contribution < -0.4 is 5.32 Å². The van der Waals surface area contributed by atoms with E-state index in [0.29, 0.717) is 13.1 Å². The van der Waals surface area contributed by atoms with Crippen molar-refractivity contribution in [1.29, 1.82) is 0 Å². The molecule has 0 aromatic heterocycles. The van der Waals surface area contributed by atoms with Gasteiger partial charge in [-0.25, -0.2) is 0 Å². The van der Waals surface area contributed by atoms with Crippen molar-refractivity contribution in [2.45, 2.75) is 70.1 Å². The third-order valence-corrected chi connectivity index (χ3v) is 6.75. The highest BCUT2D eigenvalue weighted by atomic mass is 19.4. The van der Waals surface area contributed by atoms with Crippen molar-refractivity contribution in [3.05, 3.63) is 0 Å². The molecule has 7 unspecified atom stereocenters. The Balaban J connectivity index is 1.38. The summed E-state index contributed by atoms with van der Waals surface area (Å²) in [7, 11) is 0. The topological polar surface area (TPSA) is 69.5 Å². The lowest BCUT2D eigenvalue weighted by Crippen LogP contribution is -2.55. The number of ether oxygens (including phenoxy) is 1. The van der Waals surface area contributed by atoms with Crippen LogP contribution in [0.1, 0.15) is 33.6 Å². The second-order valence-corrected chi connectivity index (χ2v) is 9.62. The molecule has 0 aromatic rings. The van der Waals surface area contributed by atoms with Crippen molar-refractivity contribution in [2.24, 2.45) is 27.8 Å². The molecule has 1 amide bonds. The summed E-state index contributed by atoms with van der Waals surface area (Å²) >= 11 is 0. The summed E-state index contributed by atoms with van der Waals surface area (Å²) < 4.78 is 44.0. The highest BCUT2D eigenvalue weighted by Crippen LogP contribution is 2.37. The van der Waals surface area contributed by atoms with Gasteiger partial charge in [0.1, 0.15) is 6.54 Å². The van der Waals surface area contributed by atoms with E-state index in [1.54, 1.807) is 4.90 Å². The third-order valence-electron chi connectivity index (χ3n) is 6.75. The number of fused-ring (bicyclic) bond motifs is 1. The van der Waals surface area contributed by atoms with E-state index >= 15 is 0 Å². The molecule has 7 atom stereocenters. The summed E-state index contributed by atoms with van der Waals surface area (Å²) in [5, 5.41) is 8.55. The minimum Gasteiger partial charge on any atom is -0.374 e. The van der Waals surface area contributed by atoms with E-state index in [2.05, 4.69) is 22.3 Å². The van der Waals surface area contributed by atoms with Gasteiger partial charge in [0.05, 0.1) is 37.3 Å². The molecule has 4 aliphatic rings. The second kappa shape index (κ2) is 8.69. The van der Waals surface area contributed by atoms with E-state index in [4.69, 9.17) is 4.74 Å². The molecule has 4 aliphatic heterocycles. The van der Waals surface area contributed by atoms with Gasteiger partial charge in [0, 0.05) is 37.0 Å². The van der Waals surface area contributed by atoms with Crippen LogP contribution in [0.25, 0.3) is 0 Å². The molecule has 0 saturated carbocycles. The molecule has 4 heterocycles. The number of hydrogen-bond acceptors (Lipinski definition) is 6. The van der Waals surface area contributed by atoms with Crippen molar-refractivity contribution in [2.75, 3.05) is 26.2 Å². The van der Waals surface area contributed by atoms with Crippen molar-refractivity contribution in [1.82, 2.24) is 15.2 Å². The number of nitrogens with one attached hydrogen (secondary N) is 1. The maximum atomic E-state index is 13.1. The number of halogens is 3. The number of alkyl halides is 3. The van der Waals surface area contributed by atoms with Crippen LogP contribution in [0, 0.1) is 17.8 Å². The third kappa shape index (κ3) is 5.05. The molecule has 10 heteroatoms. The largest absolute Gasteiger partial charge is 0.407 e. The fraction of sp³-hybridized carbons (Fsp3) is 0.857. The molecule has 2 fully saturated rings. The van der Waals surface area contributed by atoms with Crippen LogP contribution in [0.2, 0.25) is 0 Å². The van der Waals surface area contributed by atoms with Crippen molar-refractivity contribution in [3.8, 4) is 0 Å². The van der Waals surface area contributed by atoms with Crippen LogP contribution in [-0.4, -0.2) is 90.9 Å². The van der Waals surface area contributed by atoms with Crippen LogP contribution >= 0.6 is 0 Å². The van der Waals surface area contributed by atoms with E-state index in [1.807, 2.05) is 20.1 Å². The van der Waals surface area contributed by atoms with Gasteiger partial charge in [-0.05, 0) is 32.6 Å². The summed E-state index contributed by atoms with van der Waals surface area (Å²) in [6, 6.07) is -0.204. The zero-order chi connectivity index (χ0) is 22.3. The van der Waals surface area contributed by atoms with Crippen molar-refractivity contribution >= 4 is 18.3 Å². The van der Waals surface area contributed by atoms with E-state index in [1.165, 1.54) is 6.21 Å². The molecule has 4 rings (SSSR count). The Kier molecular flexibility index (Phi) is 6.31. The van der Waals surface area contributed by atoms with E-state index in [9.17, 15) is 18.0 Å². The molecule has 0 spiro atoms. The first-order chi connectivity index (χ1) is 14.6. The molecule has 7 nitrogen and oxygen atoms in total. The predicted octanol–water partition coefficient (Wildman–Crippen LogP) is 1.93. The van der Waals surface area contributed by atoms with Crippen LogP contribution in [0.5, 0.6) is 0 Å². The highest BCUT2D eigenvalue weighted by Gasteiger charge is 2.50. The minimum absolute atomic E-state index is 0.00823. The molecule has 0 radical (unpaired) electrons. The number of piperidine rings is 1. The lowest BCUT2D eigenvalue weighted by Gasteiger charge is -2.40. The minimum atomic E-state index is -4.31. The van der Waals surface area contributed by atoms with E-state index in [0.717, 1.165) is 17.9 Å². The van der Waals surface area contributed by atoms with Crippen molar-refractivity contribution < 1.29 is 22.7 Å². The Morgan fingerprint density at radius 1 is 1.23 bits per heavy atom. The van der Waals surface area contributed by atoms with Crippen LogP contribution in [0.4, 0.5) is 13.2 Å². The number of hydrogen-bond donors (Lipinski definition) is 1. The quantitative estimate of drug-likeness (QED) is 0.705. The molecular formula is C21H32F3N5O2. The van der Waals surface area contributed by atoms with Gasteiger partial charge in [-0.2, -0.15) is 18.3 Å².